The zero-order valence-corrected chi connectivity index (χ0v) is 15.0. The smallest absolute Gasteiger partial charge is 0.270 e. The third kappa shape index (κ3) is 3.21. The van der Waals surface area contributed by atoms with Crippen LogP contribution in [0.3, 0.4) is 0 Å². The highest BCUT2D eigenvalue weighted by atomic mass is 32.2. The number of furan rings is 1. The average molecular weight is 381 g/mol. The molecule has 0 spiro atoms. The Morgan fingerprint density at radius 1 is 1.00 bits per heavy atom. The van der Waals surface area contributed by atoms with Gasteiger partial charge in [0.25, 0.3) is 5.91 Å². The number of benzene rings is 2. The second-order valence-corrected chi connectivity index (χ2v) is 7.24. The number of hydrogen-bond donors (Lipinski definition) is 0. The minimum absolute atomic E-state index is 0.175. The van der Waals surface area contributed by atoms with Gasteiger partial charge in [-0.2, -0.15) is 0 Å². The van der Waals surface area contributed by atoms with Gasteiger partial charge in [0.15, 0.2) is 4.32 Å². The summed E-state index contributed by atoms with van der Waals surface area (Å²) in [5, 5.41) is 0. The first-order valence-corrected chi connectivity index (χ1v) is 9.03. The number of halogens is 1. The first kappa shape index (κ1) is 16.8. The molecule has 4 rings (SSSR count). The highest BCUT2D eigenvalue weighted by Crippen LogP contribution is 2.36. The topological polar surface area (TPSA) is 33.5 Å². The van der Waals surface area contributed by atoms with Gasteiger partial charge in [0.2, 0.25) is 0 Å². The second-order valence-electron chi connectivity index (χ2n) is 5.56. The van der Waals surface area contributed by atoms with Crippen LogP contribution < -0.4 is 4.90 Å². The maximum Gasteiger partial charge on any atom is 0.270 e. The number of carbonyl (C=O) groups is 1. The van der Waals surface area contributed by atoms with Crippen molar-refractivity contribution in [2.45, 2.75) is 0 Å². The molecule has 3 nitrogen and oxygen atoms in total. The van der Waals surface area contributed by atoms with Gasteiger partial charge in [-0.25, -0.2) is 4.39 Å². The van der Waals surface area contributed by atoms with E-state index in [0.29, 0.717) is 20.7 Å². The molecule has 0 unspecified atom stereocenters. The molecular weight excluding hydrogens is 369 g/mol. The summed E-state index contributed by atoms with van der Waals surface area (Å²) in [5.74, 6) is 0.670. The number of thiocarbonyl (C=S) groups is 1. The predicted molar refractivity (Wildman–Crippen MR) is 106 cm³/mol. The van der Waals surface area contributed by atoms with Crippen molar-refractivity contribution in [2.75, 3.05) is 4.90 Å². The van der Waals surface area contributed by atoms with E-state index < -0.39 is 0 Å². The molecule has 0 aliphatic carbocycles. The summed E-state index contributed by atoms with van der Waals surface area (Å²) in [6.45, 7) is 0. The van der Waals surface area contributed by atoms with Crippen LogP contribution in [0.5, 0.6) is 0 Å². The molecule has 128 valence electrons. The molecule has 1 amide bonds. The molecule has 3 aromatic rings. The monoisotopic (exact) mass is 381 g/mol. The lowest BCUT2D eigenvalue weighted by Gasteiger charge is -2.13. The number of hydrogen-bond acceptors (Lipinski definition) is 4. The van der Waals surface area contributed by atoms with E-state index >= 15 is 0 Å². The lowest BCUT2D eigenvalue weighted by molar-refractivity contribution is -0.113. The lowest BCUT2D eigenvalue weighted by Crippen LogP contribution is -2.27. The molecule has 0 bridgehead atoms. The maximum absolute atomic E-state index is 13.0. The Bertz CT molecular complexity index is 1010. The lowest BCUT2D eigenvalue weighted by atomic mass is 10.2. The highest BCUT2D eigenvalue weighted by Gasteiger charge is 2.33. The van der Waals surface area contributed by atoms with E-state index in [9.17, 15) is 9.18 Å². The largest absolute Gasteiger partial charge is 0.457 e. The van der Waals surface area contributed by atoms with Crippen molar-refractivity contribution in [3.63, 3.8) is 0 Å². The number of anilines is 1. The minimum Gasteiger partial charge on any atom is -0.457 e. The van der Waals surface area contributed by atoms with Gasteiger partial charge in [-0.3, -0.25) is 9.69 Å². The van der Waals surface area contributed by atoms with Gasteiger partial charge in [-0.05, 0) is 48.5 Å². The summed E-state index contributed by atoms with van der Waals surface area (Å²) < 4.78 is 19.3. The summed E-state index contributed by atoms with van der Waals surface area (Å²) >= 11 is 6.59. The zero-order chi connectivity index (χ0) is 18.1. The van der Waals surface area contributed by atoms with E-state index in [1.807, 2.05) is 30.3 Å². The van der Waals surface area contributed by atoms with E-state index in [-0.39, 0.29) is 11.7 Å². The molecule has 1 aromatic heterocycles. The molecule has 2 heterocycles. The molecule has 0 saturated carbocycles. The summed E-state index contributed by atoms with van der Waals surface area (Å²) in [6, 6.07) is 18.9. The average Bonchev–Trinajstić information content (AvgIpc) is 3.21. The summed E-state index contributed by atoms with van der Waals surface area (Å²) in [4.78, 5) is 14.7. The van der Waals surface area contributed by atoms with Crippen LogP contribution in [-0.4, -0.2) is 10.2 Å². The van der Waals surface area contributed by atoms with Gasteiger partial charge in [-0.15, -0.1) is 0 Å². The van der Waals surface area contributed by atoms with Gasteiger partial charge in [-0.1, -0.05) is 42.2 Å². The molecule has 1 saturated heterocycles. The Morgan fingerprint density at radius 2 is 1.73 bits per heavy atom. The first-order valence-electron chi connectivity index (χ1n) is 7.80. The molecule has 1 aliphatic heterocycles. The summed E-state index contributed by atoms with van der Waals surface area (Å²) in [5.41, 5.74) is 1.51. The third-order valence-electron chi connectivity index (χ3n) is 3.84. The first-order chi connectivity index (χ1) is 12.6. The normalized spacial score (nSPS) is 15.9. The fourth-order valence-corrected chi connectivity index (χ4v) is 3.88. The number of carbonyl (C=O) groups excluding carboxylic acids is 1. The predicted octanol–water partition coefficient (Wildman–Crippen LogP) is 5.49. The molecule has 6 heteroatoms. The second kappa shape index (κ2) is 6.90. The van der Waals surface area contributed by atoms with Crippen molar-refractivity contribution in [3.8, 4) is 11.3 Å². The molecule has 2 aromatic carbocycles. The highest BCUT2D eigenvalue weighted by molar-refractivity contribution is 8.27. The summed E-state index contributed by atoms with van der Waals surface area (Å²) in [6.07, 6.45) is 1.68. The van der Waals surface area contributed by atoms with E-state index in [1.54, 1.807) is 30.3 Å². The third-order valence-corrected chi connectivity index (χ3v) is 5.14. The zero-order valence-electron chi connectivity index (χ0n) is 13.4. The SMILES string of the molecule is O=C1C(=Cc2ccc(-c3ccc(F)cc3)o2)SC(=S)N1c1ccccc1. The number of thioether (sulfide) groups is 1. The van der Waals surface area contributed by atoms with Crippen molar-refractivity contribution in [3.05, 3.63) is 83.2 Å². The Morgan fingerprint density at radius 3 is 2.46 bits per heavy atom. The molecule has 26 heavy (non-hydrogen) atoms. The Hall–Kier alpha value is -2.70. The number of nitrogens with zero attached hydrogens (tertiary/aromatic N) is 1. The van der Waals surface area contributed by atoms with Crippen LogP contribution >= 0.6 is 24.0 Å². The van der Waals surface area contributed by atoms with E-state index in [1.165, 1.54) is 28.8 Å². The van der Waals surface area contributed by atoms with E-state index in [2.05, 4.69) is 0 Å². The van der Waals surface area contributed by atoms with Crippen LogP contribution in [0.25, 0.3) is 17.4 Å². The summed E-state index contributed by atoms with van der Waals surface area (Å²) in [7, 11) is 0. The molecule has 1 aliphatic rings. The van der Waals surface area contributed by atoms with Gasteiger partial charge < -0.3 is 4.42 Å². The van der Waals surface area contributed by atoms with Gasteiger partial charge in [0, 0.05) is 11.6 Å². The van der Waals surface area contributed by atoms with E-state index in [0.717, 1.165) is 11.3 Å². The molecule has 0 radical (unpaired) electrons. The number of rotatable bonds is 3. The van der Waals surface area contributed by atoms with Gasteiger partial charge in [0.05, 0.1) is 10.6 Å². The van der Waals surface area contributed by atoms with Crippen molar-refractivity contribution in [2.24, 2.45) is 0 Å². The van der Waals surface area contributed by atoms with Crippen LogP contribution in [-0.2, 0) is 4.79 Å². The Labute approximate surface area is 159 Å². The van der Waals surface area contributed by atoms with Crippen LogP contribution in [0.1, 0.15) is 5.76 Å². The fraction of sp³-hybridized carbons (Fsp3) is 0. The van der Waals surface area contributed by atoms with Crippen molar-refractivity contribution in [1.29, 1.82) is 0 Å². The van der Waals surface area contributed by atoms with Crippen LogP contribution in [0.2, 0.25) is 0 Å². The number of para-hydroxylation sites is 1. The van der Waals surface area contributed by atoms with Crippen LogP contribution in [0.4, 0.5) is 10.1 Å². The quantitative estimate of drug-likeness (QED) is 0.444. The Balaban J connectivity index is 1.60. The number of amides is 1. The maximum atomic E-state index is 13.0. The minimum atomic E-state index is -0.301. The molecular formula is C20H12FNO2S2. The van der Waals surface area contributed by atoms with Gasteiger partial charge in [0.1, 0.15) is 17.3 Å². The van der Waals surface area contributed by atoms with Crippen LogP contribution in [0, 0.1) is 5.82 Å². The fourth-order valence-electron chi connectivity index (χ4n) is 2.60. The molecule has 0 N–H and O–H groups in total. The van der Waals surface area contributed by atoms with Gasteiger partial charge >= 0.3 is 0 Å². The van der Waals surface area contributed by atoms with E-state index in [4.69, 9.17) is 16.6 Å². The molecule has 0 atom stereocenters. The standard InChI is InChI=1S/C20H12FNO2S2/c21-14-8-6-13(7-9-14)17-11-10-16(24-17)12-18-19(23)22(20(25)26-18)15-4-2-1-3-5-15/h1-12H. The van der Waals surface area contributed by atoms with Crippen LogP contribution in [0.15, 0.2) is 76.1 Å². The molecule has 1 fully saturated rings. The Kier molecular flexibility index (Phi) is 4.44. The van der Waals surface area contributed by atoms with Crippen molar-refractivity contribution in [1.82, 2.24) is 0 Å². The van der Waals surface area contributed by atoms with Crippen molar-refractivity contribution >= 4 is 46.0 Å². The van der Waals surface area contributed by atoms with Crippen molar-refractivity contribution < 1.29 is 13.6 Å².